The number of rotatable bonds is 4. The molecule has 1 heterocycles. The predicted octanol–water partition coefficient (Wildman–Crippen LogP) is 3.33. The van der Waals surface area contributed by atoms with Gasteiger partial charge in [0.15, 0.2) is 0 Å². The number of benzene rings is 2. The lowest BCUT2D eigenvalue weighted by Crippen LogP contribution is -2.01. The Bertz CT molecular complexity index is 634. The van der Waals surface area contributed by atoms with E-state index in [1.54, 1.807) is 21.3 Å². The van der Waals surface area contributed by atoms with Crippen LogP contribution >= 0.6 is 0 Å². The molecular formula is C17H18O4. The molecule has 1 unspecified atom stereocenters. The van der Waals surface area contributed by atoms with Crippen molar-refractivity contribution in [2.24, 2.45) is 0 Å². The summed E-state index contributed by atoms with van der Waals surface area (Å²) in [6.45, 7) is 0.555. The third-order valence-electron chi connectivity index (χ3n) is 3.74. The lowest BCUT2D eigenvalue weighted by atomic mass is 9.98. The van der Waals surface area contributed by atoms with E-state index < -0.39 is 0 Å². The van der Waals surface area contributed by atoms with Gasteiger partial charge >= 0.3 is 0 Å². The number of fused-ring (bicyclic) bond motifs is 1. The second-order valence-corrected chi connectivity index (χ2v) is 4.87. The van der Waals surface area contributed by atoms with Crippen LogP contribution in [-0.2, 0) is 11.3 Å². The third kappa shape index (κ3) is 2.43. The van der Waals surface area contributed by atoms with Crippen LogP contribution in [-0.4, -0.2) is 21.3 Å². The van der Waals surface area contributed by atoms with Crippen molar-refractivity contribution >= 4 is 0 Å². The van der Waals surface area contributed by atoms with Crippen molar-refractivity contribution in [2.75, 3.05) is 21.3 Å². The molecular weight excluding hydrogens is 268 g/mol. The first-order chi connectivity index (χ1) is 10.3. The minimum absolute atomic E-state index is 0.119. The number of hydrogen-bond acceptors (Lipinski definition) is 4. The Morgan fingerprint density at radius 3 is 2.24 bits per heavy atom. The molecule has 0 amide bonds. The van der Waals surface area contributed by atoms with E-state index in [0.29, 0.717) is 6.61 Å². The predicted molar refractivity (Wildman–Crippen MR) is 79.2 cm³/mol. The van der Waals surface area contributed by atoms with Gasteiger partial charge in [-0.05, 0) is 29.3 Å². The van der Waals surface area contributed by atoms with Crippen molar-refractivity contribution in [1.82, 2.24) is 0 Å². The van der Waals surface area contributed by atoms with Crippen LogP contribution in [0, 0.1) is 0 Å². The quantitative estimate of drug-likeness (QED) is 0.864. The van der Waals surface area contributed by atoms with E-state index in [2.05, 4.69) is 0 Å². The molecule has 0 fully saturated rings. The fourth-order valence-corrected chi connectivity index (χ4v) is 2.66. The van der Waals surface area contributed by atoms with Crippen molar-refractivity contribution in [3.8, 4) is 17.2 Å². The smallest absolute Gasteiger partial charge is 0.129 e. The summed E-state index contributed by atoms with van der Waals surface area (Å²) >= 11 is 0. The molecule has 0 radical (unpaired) electrons. The van der Waals surface area contributed by atoms with Gasteiger partial charge in [0.2, 0.25) is 0 Å². The SMILES string of the molecule is COc1ccc(C2OCc3cc(OC)cc(OC)c32)cc1. The minimum atomic E-state index is -0.119. The lowest BCUT2D eigenvalue weighted by molar-refractivity contribution is 0.0928. The first-order valence-corrected chi connectivity index (χ1v) is 6.77. The zero-order valence-corrected chi connectivity index (χ0v) is 12.4. The molecule has 0 saturated heterocycles. The number of hydrogen-bond donors (Lipinski definition) is 0. The normalized spacial score (nSPS) is 16.4. The van der Waals surface area contributed by atoms with Crippen LogP contribution in [0.1, 0.15) is 22.8 Å². The van der Waals surface area contributed by atoms with E-state index in [1.807, 2.05) is 36.4 Å². The molecule has 0 spiro atoms. The van der Waals surface area contributed by atoms with E-state index >= 15 is 0 Å². The van der Waals surface area contributed by atoms with E-state index in [0.717, 1.165) is 33.9 Å². The topological polar surface area (TPSA) is 36.9 Å². The van der Waals surface area contributed by atoms with E-state index in [9.17, 15) is 0 Å². The summed E-state index contributed by atoms with van der Waals surface area (Å²) in [7, 11) is 4.97. The van der Waals surface area contributed by atoms with Crippen LogP contribution in [0.4, 0.5) is 0 Å². The van der Waals surface area contributed by atoms with Gasteiger partial charge in [-0.25, -0.2) is 0 Å². The summed E-state index contributed by atoms with van der Waals surface area (Å²) in [4.78, 5) is 0. The van der Waals surface area contributed by atoms with Crippen LogP contribution in [0.2, 0.25) is 0 Å². The summed E-state index contributed by atoms with van der Waals surface area (Å²) < 4.78 is 22.0. The summed E-state index contributed by atoms with van der Waals surface area (Å²) in [6.07, 6.45) is -0.119. The maximum Gasteiger partial charge on any atom is 0.129 e. The number of ether oxygens (including phenoxy) is 4. The maximum atomic E-state index is 5.95. The first kappa shape index (κ1) is 13.8. The van der Waals surface area contributed by atoms with Crippen LogP contribution < -0.4 is 14.2 Å². The van der Waals surface area contributed by atoms with Gasteiger partial charge in [0, 0.05) is 11.6 Å². The summed E-state index contributed by atoms with van der Waals surface area (Å²) in [5.74, 6) is 2.41. The molecule has 0 N–H and O–H groups in total. The first-order valence-electron chi connectivity index (χ1n) is 6.77. The zero-order chi connectivity index (χ0) is 14.8. The van der Waals surface area contributed by atoms with Crippen molar-refractivity contribution in [1.29, 1.82) is 0 Å². The zero-order valence-electron chi connectivity index (χ0n) is 12.4. The van der Waals surface area contributed by atoms with Crippen molar-refractivity contribution < 1.29 is 18.9 Å². The number of methoxy groups -OCH3 is 3. The highest BCUT2D eigenvalue weighted by atomic mass is 16.5. The Hall–Kier alpha value is -2.20. The molecule has 0 saturated carbocycles. The van der Waals surface area contributed by atoms with Crippen LogP contribution in [0.15, 0.2) is 36.4 Å². The highest BCUT2D eigenvalue weighted by Crippen LogP contribution is 2.43. The highest BCUT2D eigenvalue weighted by Gasteiger charge is 2.29. The van der Waals surface area contributed by atoms with Gasteiger partial charge in [0.05, 0.1) is 27.9 Å². The van der Waals surface area contributed by atoms with E-state index in [4.69, 9.17) is 18.9 Å². The Kier molecular flexibility index (Phi) is 3.71. The van der Waals surface area contributed by atoms with E-state index in [1.165, 1.54) is 0 Å². The molecule has 0 aromatic heterocycles. The molecule has 1 atom stereocenters. The summed E-state index contributed by atoms with van der Waals surface area (Å²) in [5, 5.41) is 0. The average Bonchev–Trinajstić information content (AvgIpc) is 2.97. The van der Waals surface area contributed by atoms with Crippen LogP contribution in [0.25, 0.3) is 0 Å². The van der Waals surface area contributed by atoms with Crippen molar-refractivity contribution in [3.63, 3.8) is 0 Å². The molecule has 0 aliphatic carbocycles. The molecule has 1 aliphatic rings. The average molecular weight is 286 g/mol. The fraction of sp³-hybridized carbons (Fsp3) is 0.294. The van der Waals surface area contributed by atoms with Gasteiger partial charge in [0.1, 0.15) is 23.4 Å². The molecule has 1 aliphatic heterocycles. The largest absolute Gasteiger partial charge is 0.497 e. The Morgan fingerprint density at radius 1 is 0.905 bits per heavy atom. The molecule has 4 nitrogen and oxygen atoms in total. The molecule has 3 rings (SSSR count). The minimum Gasteiger partial charge on any atom is -0.497 e. The summed E-state index contributed by atoms with van der Waals surface area (Å²) in [5.41, 5.74) is 3.26. The molecule has 2 aromatic carbocycles. The molecule has 110 valence electrons. The van der Waals surface area contributed by atoms with Gasteiger partial charge in [-0.1, -0.05) is 12.1 Å². The Morgan fingerprint density at radius 2 is 1.62 bits per heavy atom. The van der Waals surface area contributed by atoms with Gasteiger partial charge in [-0.2, -0.15) is 0 Å². The lowest BCUT2D eigenvalue weighted by Gasteiger charge is -2.16. The molecule has 2 aromatic rings. The van der Waals surface area contributed by atoms with Gasteiger partial charge in [-0.15, -0.1) is 0 Å². The Balaban J connectivity index is 2.02. The van der Waals surface area contributed by atoms with Crippen LogP contribution in [0.5, 0.6) is 17.2 Å². The molecule has 0 bridgehead atoms. The maximum absolute atomic E-state index is 5.95. The second kappa shape index (κ2) is 5.66. The van der Waals surface area contributed by atoms with E-state index in [-0.39, 0.29) is 6.10 Å². The van der Waals surface area contributed by atoms with Gasteiger partial charge < -0.3 is 18.9 Å². The fourth-order valence-electron chi connectivity index (χ4n) is 2.66. The van der Waals surface area contributed by atoms with Crippen molar-refractivity contribution in [3.05, 3.63) is 53.1 Å². The molecule has 21 heavy (non-hydrogen) atoms. The standard InChI is InChI=1S/C17H18O4/c1-18-13-6-4-11(5-7-13)17-16-12(10-21-17)8-14(19-2)9-15(16)20-3/h4-9,17H,10H2,1-3H3. The summed E-state index contributed by atoms with van der Waals surface area (Å²) in [6, 6.07) is 11.8. The monoisotopic (exact) mass is 286 g/mol. The second-order valence-electron chi connectivity index (χ2n) is 4.87. The molecule has 4 heteroatoms. The third-order valence-corrected chi connectivity index (χ3v) is 3.74. The van der Waals surface area contributed by atoms with Gasteiger partial charge in [-0.3, -0.25) is 0 Å². The van der Waals surface area contributed by atoms with Crippen LogP contribution in [0.3, 0.4) is 0 Å². The Labute approximate surface area is 124 Å². The van der Waals surface area contributed by atoms with Gasteiger partial charge in [0.25, 0.3) is 0 Å². The highest BCUT2D eigenvalue weighted by molar-refractivity contribution is 5.52. The van der Waals surface area contributed by atoms with Crippen molar-refractivity contribution in [2.45, 2.75) is 12.7 Å².